The third kappa shape index (κ3) is 4.77. The van der Waals surface area contributed by atoms with Gasteiger partial charge in [-0.25, -0.2) is 0 Å². The minimum atomic E-state index is -0.544. The van der Waals surface area contributed by atoms with Crippen LogP contribution in [0.5, 0.6) is 0 Å². The Morgan fingerprint density at radius 2 is 1.80 bits per heavy atom. The van der Waals surface area contributed by atoms with Crippen molar-refractivity contribution < 1.29 is 9.59 Å². The van der Waals surface area contributed by atoms with Gasteiger partial charge in [-0.1, -0.05) is 35.9 Å². The predicted molar refractivity (Wildman–Crippen MR) is 118 cm³/mol. The van der Waals surface area contributed by atoms with Gasteiger partial charge in [-0.3, -0.25) is 19.7 Å². The van der Waals surface area contributed by atoms with Gasteiger partial charge in [-0.15, -0.1) is 0 Å². The van der Waals surface area contributed by atoms with Crippen molar-refractivity contribution in [2.24, 2.45) is 0 Å². The molecule has 0 radical (unpaired) electrons. The van der Waals surface area contributed by atoms with Crippen molar-refractivity contribution in [2.45, 2.75) is 13.8 Å². The van der Waals surface area contributed by atoms with Gasteiger partial charge in [0.1, 0.15) is 11.6 Å². The Labute approximate surface area is 179 Å². The average molecular weight is 419 g/mol. The molecule has 1 heterocycles. The molecule has 0 bridgehead atoms. The zero-order valence-corrected chi connectivity index (χ0v) is 17.2. The number of hydrogen-bond acceptors (Lipinski definition) is 3. The minimum Gasteiger partial charge on any atom is -0.321 e. The third-order valence-electron chi connectivity index (χ3n) is 4.47. The first-order valence-electron chi connectivity index (χ1n) is 9.13. The number of anilines is 1. The second-order valence-corrected chi connectivity index (χ2v) is 7.04. The van der Waals surface area contributed by atoms with E-state index in [-0.39, 0.29) is 11.5 Å². The van der Waals surface area contributed by atoms with E-state index in [1.54, 1.807) is 66.2 Å². The molecule has 2 amide bonds. The number of nitrogens with zero attached hydrogens (tertiary/aromatic N) is 2. The number of carbonyl (C=O) groups excluding carboxylic acids is 2. The SMILES string of the molecule is Cc1cc(/C=C(/C#N)C(=O)Nc2cccc(Cl)c2)c(C)n1NC(=O)c1ccccc1. The summed E-state index contributed by atoms with van der Waals surface area (Å²) >= 11 is 5.93. The lowest BCUT2D eigenvalue weighted by atomic mass is 10.1. The summed E-state index contributed by atoms with van der Waals surface area (Å²) in [7, 11) is 0. The van der Waals surface area contributed by atoms with Crippen molar-refractivity contribution in [2.75, 3.05) is 10.7 Å². The molecule has 7 heteroatoms. The molecule has 150 valence electrons. The summed E-state index contributed by atoms with van der Waals surface area (Å²) in [5.74, 6) is -0.801. The highest BCUT2D eigenvalue weighted by Gasteiger charge is 2.15. The Morgan fingerprint density at radius 1 is 1.07 bits per heavy atom. The van der Waals surface area contributed by atoms with Crippen LogP contribution in [0.4, 0.5) is 5.69 Å². The summed E-state index contributed by atoms with van der Waals surface area (Å²) in [6.45, 7) is 3.63. The van der Waals surface area contributed by atoms with Gasteiger partial charge in [-0.2, -0.15) is 5.26 Å². The van der Waals surface area contributed by atoms with Gasteiger partial charge in [0.2, 0.25) is 0 Å². The standard InChI is InChI=1S/C23H19ClN4O2/c1-15-11-18(16(2)28(15)27-23(30)17-7-4-3-5-8-17)12-19(14-25)22(29)26-21-10-6-9-20(24)13-21/h3-13H,1-2H3,(H,26,29)(H,27,30)/b19-12-. The summed E-state index contributed by atoms with van der Waals surface area (Å²) in [5.41, 5.74) is 5.90. The summed E-state index contributed by atoms with van der Waals surface area (Å²) < 4.78 is 1.63. The lowest BCUT2D eigenvalue weighted by Crippen LogP contribution is -2.24. The number of amides is 2. The molecular formula is C23H19ClN4O2. The van der Waals surface area contributed by atoms with E-state index in [4.69, 9.17) is 11.6 Å². The second-order valence-electron chi connectivity index (χ2n) is 6.60. The molecule has 0 saturated heterocycles. The number of carbonyl (C=O) groups is 2. The van der Waals surface area contributed by atoms with Crippen LogP contribution < -0.4 is 10.7 Å². The van der Waals surface area contributed by atoms with Crippen LogP contribution in [-0.2, 0) is 4.79 Å². The maximum atomic E-state index is 12.5. The van der Waals surface area contributed by atoms with Crippen molar-refractivity contribution in [3.05, 3.63) is 93.8 Å². The topological polar surface area (TPSA) is 86.9 Å². The van der Waals surface area contributed by atoms with Gasteiger partial charge in [-0.05, 0) is 61.9 Å². The molecule has 2 N–H and O–H groups in total. The maximum Gasteiger partial charge on any atom is 0.270 e. The Kier molecular flexibility index (Phi) is 6.35. The van der Waals surface area contributed by atoms with Crippen LogP contribution in [0, 0.1) is 25.2 Å². The van der Waals surface area contributed by atoms with E-state index in [0.717, 1.165) is 5.69 Å². The number of aryl methyl sites for hydroxylation is 1. The molecule has 6 nitrogen and oxygen atoms in total. The van der Waals surface area contributed by atoms with Crippen LogP contribution in [0.2, 0.25) is 5.02 Å². The zero-order valence-electron chi connectivity index (χ0n) is 16.4. The van der Waals surface area contributed by atoms with Crippen LogP contribution >= 0.6 is 11.6 Å². The van der Waals surface area contributed by atoms with Crippen molar-refractivity contribution in [1.29, 1.82) is 5.26 Å². The summed E-state index contributed by atoms with van der Waals surface area (Å²) in [5, 5.41) is 12.6. The van der Waals surface area contributed by atoms with Crippen molar-refractivity contribution in [3.63, 3.8) is 0 Å². The Bertz CT molecular complexity index is 1170. The average Bonchev–Trinajstić information content (AvgIpc) is 2.99. The van der Waals surface area contributed by atoms with E-state index in [1.807, 2.05) is 19.1 Å². The Balaban J connectivity index is 1.83. The molecule has 0 aliphatic heterocycles. The van der Waals surface area contributed by atoms with Crippen molar-refractivity contribution in [3.8, 4) is 6.07 Å². The monoisotopic (exact) mass is 418 g/mol. The molecule has 3 aromatic rings. The fourth-order valence-corrected chi connectivity index (χ4v) is 3.12. The van der Waals surface area contributed by atoms with E-state index >= 15 is 0 Å². The number of benzene rings is 2. The van der Waals surface area contributed by atoms with Gasteiger partial charge >= 0.3 is 0 Å². The lowest BCUT2D eigenvalue weighted by Gasteiger charge is -2.11. The third-order valence-corrected chi connectivity index (χ3v) is 4.70. The molecule has 0 atom stereocenters. The molecular weight excluding hydrogens is 400 g/mol. The summed E-state index contributed by atoms with van der Waals surface area (Å²) in [6, 6.07) is 19.3. The molecule has 0 unspecified atom stereocenters. The van der Waals surface area contributed by atoms with Gasteiger partial charge in [0.05, 0.1) is 0 Å². The van der Waals surface area contributed by atoms with E-state index in [2.05, 4.69) is 10.7 Å². The molecule has 0 fully saturated rings. The number of rotatable bonds is 5. The van der Waals surface area contributed by atoms with Crippen LogP contribution in [0.15, 0.2) is 66.2 Å². The van der Waals surface area contributed by atoms with E-state index in [9.17, 15) is 14.9 Å². The van der Waals surface area contributed by atoms with E-state index in [1.165, 1.54) is 6.08 Å². The van der Waals surface area contributed by atoms with Gasteiger partial charge in [0.25, 0.3) is 11.8 Å². The number of nitrogens with one attached hydrogen (secondary N) is 2. The molecule has 0 aliphatic carbocycles. The molecule has 1 aromatic heterocycles. The smallest absolute Gasteiger partial charge is 0.270 e. The first-order chi connectivity index (χ1) is 14.4. The number of halogens is 1. The van der Waals surface area contributed by atoms with Crippen molar-refractivity contribution in [1.82, 2.24) is 4.68 Å². The summed E-state index contributed by atoms with van der Waals surface area (Å²) in [6.07, 6.45) is 1.49. The van der Waals surface area contributed by atoms with Crippen LogP contribution in [0.25, 0.3) is 6.08 Å². The maximum absolute atomic E-state index is 12.5. The first kappa shape index (κ1) is 20.9. The van der Waals surface area contributed by atoms with Crippen molar-refractivity contribution >= 4 is 35.2 Å². The Morgan fingerprint density at radius 3 is 2.47 bits per heavy atom. The van der Waals surface area contributed by atoms with Crippen LogP contribution in [0.3, 0.4) is 0 Å². The summed E-state index contributed by atoms with van der Waals surface area (Å²) in [4.78, 5) is 25.0. The fraction of sp³-hybridized carbons (Fsp3) is 0.0870. The highest BCUT2D eigenvalue weighted by molar-refractivity contribution is 6.31. The fourth-order valence-electron chi connectivity index (χ4n) is 2.93. The highest BCUT2D eigenvalue weighted by Crippen LogP contribution is 2.19. The largest absolute Gasteiger partial charge is 0.321 e. The molecule has 30 heavy (non-hydrogen) atoms. The quantitative estimate of drug-likeness (QED) is 0.465. The first-order valence-corrected chi connectivity index (χ1v) is 9.51. The highest BCUT2D eigenvalue weighted by atomic mass is 35.5. The molecule has 0 saturated carbocycles. The molecule has 2 aromatic carbocycles. The number of aromatic nitrogens is 1. The lowest BCUT2D eigenvalue weighted by molar-refractivity contribution is -0.112. The zero-order chi connectivity index (χ0) is 21.7. The molecule has 3 rings (SSSR count). The normalized spacial score (nSPS) is 10.9. The van der Waals surface area contributed by atoms with E-state index in [0.29, 0.717) is 27.5 Å². The van der Waals surface area contributed by atoms with Crippen LogP contribution in [-0.4, -0.2) is 16.5 Å². The number of hydrogen-bond donors (Lipinski definition) is 2. The van der Waals surface area contributed by atoms with Crippen LogP contribution in [0.1, 0.15) is 27.3 Å². The Hall–Kier alpha value is -3.82. The second kappa shape index (κ2) is 9.12. The van der Waals surface area contributed by atoms with Gasteiger partial charge < -0.3 is 5.32 Å². The number of nitriles is 1. The van der Waals surface area contributed by atoms with Gasteiger partial charge in [0.15, 0.2) is 0 Å². The minimum absolute atomic E-state index is 0.0652. The molecule has 0 spiro atoms. The van der Waals surface area contributed by atoms with Gasteiger partial charge in [0, 0.05) is 27.7 Å². The van der Waals surface area contributed by atoms with E-state index < -0.39 is 5.91 Å². The predicted octanol–water partition coefficient (Wildman–Crippen LogP) is 4.69. The molecule has 0 aliphatic rings.